The van der Waals surface area contributed by atoms with Gasteiger partial charge < -0.3 is 10.4 Å². The van der Waals surface area contributed by atoms with Crippen molar-refractivity contribution in [3.05, 3.63) is 35.9 Å². The molecule has 1 aliphatic carbocycles. The average molecular weight is 284 g/mol. The molecule has 110 valence electrons. The van der Waals surface area contributed by atoms with Crippen LogP contribution in [-0.2, 0) is 0 Å². The molecule has 1 aromatic heterocycles. The molecule has 1 aliphatic rings. The predicted molar refractivity (Wildman–Crippen MR) is 83.7 cm³/mol. The Hall–Kier alpha value is -2.10. The summed E-state index contributed by atoms with van der Waals surface area (Å²) in [7, 11) is 0. The summed E-state index contributed by atoms with van der Waals surface area (Å²) in [5.41, 5.74) is 1.03. The van der Waals surface area contributed by atoms with Crippen molar-refractivity contribution in [1.29, 1.82) is 0 Å². The molecular formula is C17H20N2O2. The number of aromatic nitrogens is 1. The van der Waals surface area contributed by atoms with Gasteiger partial charge in [0.2, 0.25) is 0 Å². The lowest BCUT2D eigenvalue weighted by atomic mass is 10.1. The zero-order valence-electron chi connectivity index (χ0n) is 12.2. The number of carboxylic acid groups (broad SMARTS) is 1. The fraction of sp³-hybridized carbons (Fsp3) is 0.412. The third kappa shape index (κ3) is 2.99. The molecule has 3 rings (SSSR count). The first-order chi connectivity index (χ1) is 10.1. The van der Waals surface area contributed by atoms with Crippen molar-refractivity contribution in [2.45, 2.75) is 26.2 Å². The summed E-state index contributed by atoms with van der Waals surface area (Å²) in [5.74, 6) is 1.22. The van der Waals surface area contributed by atoms with Gasteiger partial charge in [0.05, 0.1) is 11.1 Å². The molecule has 1 aromatic carbocycles. The molecule has 0 saturated heterocycles. The molecule has 0 aliphatic heterocycles. The lowest BCUT2D eigenvalue weighted by molar-refractivity contribution is 0.0699. The minimum absolute atomic E-state index is 0.308. The quantitative estimate of drug-likeness (QED) is 0.897. The van der Waals surface area contributed by atoms with E-state index in [9.17, 15) is 9.90 Å². The van der Waals surface area contributed by atoms with Gasteiger partial charge in [-0.25, -0.2) is 9.78 Å². The number of carboxylic acids is 1. The van der Waals surface area contributed by atoms with Gasteiger partial charge in [0.1, 0.15) is 5.82 Å². The molecule has 0 amide bonds. The molecular weight excluding hydrogens is 264 g/mol. The van der Waals surface area contributed by atoms with Crippen LogP contribution in [0.2, 0.25) is 0 Å². The van der Waals surface area contributed by atoms with Crippen LogP contribution < -0.4 is 5.32 Å². The van der Waals surface area contributed by atoms with Crippen LogP contribution in [-0.4, -0.2) is 22.6 Å². The fourth-order valence-electron chi connectivity index (χ4n) is 3.20. The second kappa shape index (κ2) is 5.72. The molecule has 0 bridgehead atoms. The first kappa shape index (κ1) is 13.9. The number of nitrogens with one attached hydrogen (secondary N) is 1. The van der Waals surface area contributed by atoms with Gasteiger partial charge >= 0.3 is 5.97 Å². The Kier molecular flexibility index (Phi) is 3.78. The van der Waals surface area contributed by atoms with E-state index >= 15 is 0 Å². The number of hydrogen-bond acceptors (Lipinski definition) is 3. The van der Waals surface area contributed by atoms with Crippen molar-refractivity contribution in [3.8, 4) is 0 Å². The SMILES string of the molecule is CC1CCC(CNc2cc(C(=O)O)c3ccccc3n2)C1. The predicted octanol–water partition coefficient (Wildman–Crippen LogP) is 3.78. The molecule has 2 aromatic rings. The number of aromatic carboxylic acids is 1. The molecule has 0 radical (unpaired) electrons. The van der Waals surface area contributed by atoms with E-state index < -0.39 is 5.97 Å². The number of rotatable bonds is 4. The van der Waals surface area contributed by atoms with E-state index in [4.69, 9.17) is 0 Å². The summed E-state index contributed by atoms with van der Waals surface area (Å²) < 4.78 is 0. The summed E-state index contributed by atoms with van der Waals surface area (Å²) in [6.07, 6.45) is 3.78. The van der Waals surface area contributed by atoms with Crippen LogP contribution in [0.25, 0.3) is 10.9 Å². The average Bonchev–Trinajstić information content (AvgIpc) is 2.89. The third-order valence-electron chi connectivity index (χ3n) is 4.32. The van der Waals surface area contributed by atoms with E-state index in [1.165, 1.54) is 19.3 Å². The molecule has 1 saturated carbocycles. The highest BCUT2D eigenvalue weighted by Gasteiger charge is 2.21. The van der Waals surface area contributed by atoms with Gasteiger partial charge in [-0.15, -0.1) is 0 Å². The van der Waals surface area contributed by atoms with Crippen molar-refractivity contribution < 1.29 is 9.90 Å². The molecule has 2 N–H and O–H groups in total. The molecule has 0 spiro atoms. The Labute approximate surface area is 124 Å². The monoisotopic (exact) mass is 284 g/mol. The molecule has 2 unspecified atom stereocenters. The second-order valence-corrected chi connectivity index (χ2v) is 6.04. The highest BCUT2D eigenvalue weighted by atomic mass is 16.4. The summed E-state index contributed by atoms with van der Waals surface area (Å²) in [6, 6.07) is 9.01. The first-order valence-electron chi connectivity index (χ1n) is 7.50. The van der Waals surface area contributed by atoms with Crippen LogP contribution in [0.3, 0.4) is 0 Å². The maximum atomic E-state index is 11.4. The van der Waals surface area contributed by atoms with Crippen LogP contribution in [0, 0.1) is 11.8 Å². The van der Waals surface area contributed by atoms with Gasteiger partial charge in [-0.1, -0.05) is 31.5 Å². The van der Waals surface area contributed by atoms with Gasteiger partial charge in [0.25, 0.3) is 0 Å². The molecule has 2 atom stereocenters. The van der Waals surface area contributed by atoms with Crippen molar-refractivity contribution in [3.63, 3.8) is 0 Å². The number of benzene rings is 1. The lowest BCUT2D eigenvalue weighted by Crippen LogP contribution is -2.13. The highest BCUT2D eigenvalue weighted by molar-refractivity contribution is 6.03. The molecule has 21 heavy (non-hydrogen) atoms. The van der Waals surface area contributed by atoms with Gasteiger partial charge in [-0.05, 0) is 36.8 Å². The number of fused-ring (bicyclic) bond motifs is 1. The second-order valence-electron chi connectivity index (χ2n) is 6.04. The van der Waals surface area contributed by atoms with Gasteiger partial charge in [-0.3, -0.25) is 0 Å². The largest absolute Gasteiger partial charge is 0.478 e. The topological polar surface area (TPSA) is 62.2 Å². The van der Waals surface area contributed by atoms with Gasteiger partial charge in [0.15, 0.2) is 0 Å². The van der Waals surface area contributed by atoms with E-state index in [1.54, 1.807) is 12.1 Å². The van der Waals surface area contributed by atoms with Crippen molar-refractivity contribution in [2.24, 2.45) is 11.8 Å². The third-order valence-corrected chi connectivity index (χ3v) is 4.32. The Morgan fingerprint density at radius 1 is 1.38 bits per heavy atom. The van der Waals surface area contributed by atoms with E-state index in [0.717, 1.165) is 18.0 Å². The summed E-state index contributed by atoms with van der Waals surface area (Å²) in [4.78, 5) is 15.9. The normalized spacial score (nSPS) is 21.6. The smallest absolute Gasteiger partial charge is 0.336 e. The van der Waals surface area contributed by atoms with Crippen LogP contribution in [0.4, 0.5) is 5.82 Å². The first-order valence-corrected chi connectivity index (χ1v) is 7.50. The summed E-state index contributed by atoms with van der Waals surface area (Å²) in [5, 5.41) is 13.4. The maximum Gasteiger partial charge on any atom is 0.336 e. The fourth-order valence-corrected chi connectivity index (χ4v) is 3.20. The minimum Gasteiger partial charge on any atom is -0.478 e. The van der Waals surface area contributed by atoms with Gasteiger partial charge in [0, 0.05) is 11.9 Å². The minimum atomic E-state index is -0.911. The van der Waals surface area contributed by atoms with Crippen LogP contribution >= 0.6 is 0 Å². The Bertz CT molecular complexity index is 669. The number of carbonyl (C=O) groups is 1. The van der Waals surface area contributed by atoms with Crippen molar-refractivity contribution in [2.75, 3.05) is 11.9 Å². The summed E-state index contributed by atoms with van der Waals surface area (Å²) >= 11 is 0. The Balaban J connectivity index is 1.83. The van der Waals surface area contributed by atoms with Crippen LogP contribution in [0.5, 0.6) is 0 Å². The zero-order valence-corrected chi connectivity index (χ0v) is 12.2. The maximum absolute atomic E-state index is 11.4. The molecule has 1 heterocycles. The van der Waals surface area contributed by atoms with Crippen LogP contribution in [0.1, 0.15) is 36.5 Å². The van der Waals surface area contributed by atoms with E-state index in [2.05, 4.69) is 17.2 Å². The standard InChI is InChI=1S/C17H20N2O2/c1-11-6-7-12(8-11)10-18-16-9-14(17(20)21)13-4-2-3-5-15(13)19-16/h2-5,9,11-12H,6-8,10H2,1H3,(H,18,19)(H,20,21). The van der Waals surface area contributed by atoms with E-state index in [1.807, 2.05) is 18.2 Å². The molecule has 4 heteroatoms. The van der Waals surface area contributed by atoms with E-state index in [0.29, 0.717) is 22.7 Å². The number of pyridine rings is 1. The van der Waals surface area contributed by atoms with Gasteiger partial charge in [-0.2, -0.15) is 0 Å². The van der Waals surface area contributed by atoms with E-state index in [-0.39, 0.29) is 0 Å². The molecule has 4 nitrogen and oxygen atoms in total. The highest BCUT2D eigenvalue weighted by Crippen LogP contribution is 2.30. The Morgan fingerprint density at radius 3 is 2.90 bits per heavy atom. The van der Waals surface area contributed by atoms with Crippen LogP contribution in [0.15, 0.2) is 30.3 Å². The number of para-hydroxylation sites is 1. The number of nitrogens with zero attached hydrogens (tertiary/aromatic N) is 1. The van der Waals surface area contributed by atoms with Crippen molar-refractivity contribution in [1.82, 2.24) is 4.98 Å². The number of anilines is 1. The molecule has 1 fully saturated rings. The summed E-state index contributed by atoms with van der Waals surface area (Å²) in [6.45, 7) is 3.16. The van der Waals surface area contributed by atoms with Crippen molar-refractivity contribution >= 4 is 22.7 Å². The Morgan fingerprint density at radius 2 is 2.19 bits per heavy atom. The zero-order chi connectivity index (χ0) is 14.8. The lowest BCUT2D eigenvalue weighted by Gasteiger charge is -2.13. The number of hydrogen-bond donors (Lipinski definition) is 2.